The van der Waals surface area contributed by atoms with Gasteiger partial charge in [0, 0.05) is 54.9 Å². The molecule has 144 valence electrons. The third kappa shape index (κ3) is 2.51. The van der Waals surface area contributed by atoms with E-state index in [9.17, 15) is 10.1 Å². The fourth-order valence-electron chi connectivity index (χ4n) is 5.85. The van der Waals surface area contributed by atoms with Crippen LogP contribution in [0.1, 0.15) is 44.2 Å². The molecule has 0 unspecified atom stereocenters. The number of non-ortho nitro benzene ring substituents is 1. The van der Waals surface area contributed by atoms with Crippen molar-refractivity contribution in [1.29, 1.82) is 0 Å². The predicted octanol–water partition coefficient (Wildman–Crippen LogP) is 2.96. The van der Waals surface area contributed by atoms with E-state index >= 15 is 0 Å². The first-order chi connectivity index (χ1) is 13.0. The molecule has 1 N–H and O–H groups in total. The Morgan fingerprint density at radius 1 is 1.07 bits per heavy atom. The maximum Gasteiger partial charge on any atom is 0.270 e. The molecule has 3 aliphatic carbocycles. The summed E-state index contributed by atoms with van der Waals surface area (Å²) in [6.07, 6.45) is 7.20. The van der Waals surface area contributed by atoms with Gasteiger partial charge in [0.1, 0.15) is 0 Å². The fraction of sp³-hybridized carbons (Fsp3) is 0.650. The van der Waals surface area contributed by atoms with Gasteiger partial charge in [0.15, 0.2) is 0 Å². The molecule has 2 aromatic rings. The highest BCUT2D eigenvalue weighted by atomic mass is 16.6. The van der Waals surface area contributed by atoms with Crippen molar-refractivity contribution in [2.75, 3.05) is 26.2 Å². The van der Waals surface area contributed by atoms with Crippen LogP contribution < -0.4 is 5.32 Å². The molecular weight excluding hydrogens is 342 g/mol. The SMILES string of the molecule is Cc1c2cc([N+](=O)[O-])ccc2nn1C12CCC(N3CCNCC3)(CC1)CC2. The van der Waals surface area contributed by atoms with Crippen LogP contribution in [0.4, 0.5) is 5.69 Å². The molecule has 2 heterocycles. The number of fused-ring (bicyclic) bond motifs is 4. The zero-order chi connectivity index (χ0) is 18.6. The predicted molar refractivity (Wildman–Crippen MR) is 104 cm³/mol. The lowest BCUT2D eigenvalue weighted by Crippen LogP contribution is -2.63. The summed E-state index contributed by atoms with van der Waals surface area (Å²) >= 11 is 0. The number of aryl methyl sites for hydroxylation is 1. The Kier molecular flexibility index (Phi) is 3.81. The van der Waals surface area contributed by atoms with Crippen molar-refractivity contribution < 1.29 is 4.92 Å². The Morgan fingerprint density at radius 2 is 1.70 bits per heavy atom. The molecule has 4 aliphatic rings. The average Bonchev–Trinajstić information content (AvgIpc) is 3.07. The molecule has 0 atom stereocenters. The maximum absolute atomic E-state index is 11.1. The van der Waals surface area contributed by atoms with Crippen LogP contribution in [0.3, 0.4) is 0 Å². The maximum atomic E-state index is 11.1. The number of piperazine rings is 1. The van der Waals surface area contributed by atoms with Crippen LogP contribution in [0, 0.1) is 17.0 Å². The van der Waals surface area contributed by atoms with Gasteiger partial charge in [0.25, 0.3) is 5.69 Å². The molecular formula is C20H27N5O2. The normalized spacial score (nSPS) is 31.4. The van der Waals surface area contributed by atoms with E-state index in [1.165, 1.54) is 32.4 Å². The second kappa shape index (κ2) is 6.01. The molecule has 1 aliphatic heterocycles. The van der Waals surface area contributed by atoms with Crippen LogP contribution in [-0.2, 0) is 5.54 Å². The van der Waals surface area contributed by atoms with Crippen molar-refractivity contribution in [3.05, 3.63) is 34.0 Å². The number of aromatic nitrogens is 2. The lowest BCUT2D eigenvalue weighted by molar-refractivity contribution is -0.384. The van der Waals surface area contributed by atoms with Gasteiger partial charge in [-0.15, -0.1) is 0 Å². The summed E-state index contributed by atoms with van der Waals surface area (Å²) in [5.41, 5.74) is 2.58. The van der Waals surface area contributed by atoms with Gasteiger partial charge < -0.3 is 5.32 Å². The van der Waals surface area contributed by atoms with Gasteiger partial charge in [-0.1, -0.05) is 0 Å². The zero-order valence-corrected chi connectivity index (χ0v) is 15.9. The summed E-state index contributed by atoms with van der Waals surface area (Å²) in [6.45, 7) is 6.62. The molecule has 27 heavy (non-hydrogen) atoms. The number of benzene rings is 1. The summed E-state index contributed by atoms with van der Waals surface area (Å²) in [5.74, 6) is 0. The van der Waals surface area contributed by atoms with E-state index in [2.05, 4.69) is 21.8 Å². The molecule has 1 aromatic heterocycles. The Morgan fingerprint density at radius 3 is 2.33 bits per heavy atom. The van der Waals surface area contributed by atoms with E-state index in [0.29, 0.717) is 5.54 Å². The number of nitrogens with one attached hydrogen (secondary N) is 1. The fourth-order valence-corrected chi connectivity index (χ4v) is 5.85. The molecule has 3 saturated carbocycles. The molecule has 1 aromatic carbocycles. The molecule has 1 saturated heterocycles. The molecule has 0 spiro atoms. The van der Waals surface area contributed by atoms with E-state index in [-0.39, 0.29) is 16.1 Å². The van der Waals surface area contributed by atoms with Gasteiger partial charge >= 0.3 is 0 Å². The summed E-state index contributed by atoms with van der Waals surface area (Å²) in [7, 11) is 0. The van der Waals surface area contributed by atoms with Crippen molar-refractivity contribution in [3.63, 3.8) is 0 Å². The molecule has 4 fully saturated rings. The van der Waals surface area contributed by atoms with Crippen molar-refractivity contribution in [1.82, 2.24) is 20.0 Å². The topological polar surface area (TPSA) is 76.2 Å². The monoisotopic (exact) mass is 369 g/mol. The van der Waals surface area contributed by atoms with E-state index in [0.717, 1.165) is 48.9 Å². The summed E-state index contributed by atoms with van der Waals surface area (Å²) in [6, 6.07) is 5.04. The van der Waals surface area contributed by atoms with Crippen LogP contribution in [0.25, 0.3) is 10.9 Å². The number of nitro benzene ring substituents is 1. The Balaban J connectivity index is 1.46. The number of hydrogen-bond donors (Lipinski definition) is 1. The first-order valence-electron chi connectivity index (χ1n) is 10.1. The van der Waals surface area contributed by atoms with Crippen LogP contribution in [0.15, 0.2) is 18.2 Å². The van der Waals surface area contributed by atoms with Crippen molar-refractivity contribution in [3.8, 4) is 0 Å². The average molecular weight is 369 g/mol. The number of nitrogens with zero attached hydrogens (tertiary/aromatic N) is 4. The quantitative estimate of drug-likeness (QED) is 0.665. The molecule has 7 nitrogen and oxygen atoms in total. The van der Waals surface area contributed by atoms with Crippen molar-refractivity contribution >= 4 is 16.6 Å². The minimum atomic E-state index is -0.322. The lowest BCUT2D eigenvalue weighted by atomic mass is 9.60. The van der Waals surface area contributed by atoms with Gasteiger partial charge in [0.2, 0.25) is 0 Å². The standard InChI is InChI=1S/C20H27N5O2/c1-15-17-14-16(25(26)27)2-3-18(17)22-24(15)20-7-4-19(5-8-20,6-9-20)23-12-10-21-11-13-23/h2-3,14,21H,4-13H2,1H3. The molecule has 0 amide bonds. The third-order valence-electron chi connectivity index (χ3n) is 7.51. The minimum absolute atomic E-state index is 0.0909. The third-order valence-corrected chi connectivity index (χ3v) is 7.51. The second-order valence-corrected chi connectivity index (χ2v) is 8.64. The summed E-state index contributed by atoms with van der Waals surface area (Å²) in [4.78, 5) is 13.6. The first-order valence-corrected chi connectivity index (χ1v) is 10.1. The largest absolute Gasteiger partial charge is 0.314 e. The highest BCUT2D eigenvalue weighted by molar-refractivity contribution is 5.83. The van der Waals surface area contributed by atoms with Crippen LogP contribution >= 0.6 is 0 Å². The highest BCUT2D eigenvalue weighted by Gasteiger charge is 2.52. The smallest absolute Gasteiger partial charge is 0.270 e. The van der Waals surface area contributed by atoms with Crippen molar-refractivity contribution in [2.24, 2.45) is 0 Å². The number of nitro groups is 1. The van der Waals surface area contributed by atoms with Gasteiger partial charge in [-0.25, -0.2) is 0 Å². The Bertz CT molecular complexity index is 875. The van der Waals surface area contributed by atoms with E-state index < -0.39 is 0 Å². The van der Waals surface area contributed by atoms with Crippen LogP contribution in [0.2, 0.25) is 0 Å². The molecule has 7 heteroatoms. The summed E-state index contributed by atoms with van der Waals surface area (Å²) < 4.78 is 2.22. The van der Waals surface area contributed by atoms with Gasteiger partial charge in [-0.2, -0.15) is 5.10 Å². The first kappa shape index (κ1) is 17.1. The molecule has 2 bridgehead atoms. The van der Waals surface area contributed by atoms with E-state index in [1.54, 1.807) is 18.2 Å². The van der Waals surface area contributed by atoms with E-state index in [4.69, 9.17) is 5.10 Å². The highest BCUT2D eigenvalue weighted by Crippen LogP contribution is 2.54. The number of hydrogen-bond acceptors (Lipinski definition) is 5. The van der Waals surface area contributed by atoms with Gasteiger partial charge in [0.05, 0.1) is 16.0 Å². The van der Waals surface area contributed by atoms with E-state index in [1.807, 2.05) is 0 Å². The number of rotatable bonds is 3. The second-order valence-electron chi connectivity index (χ2n) is 8.64. The Labute approximate surface area is 158 Å². The van der Waals surface area contributed by atoms with Gasteiger partial charge in [-0.05, 0) is 51.5 Å². The lowest BCUT2D eigenvalue weighted by Gasteiger charge is -2.58. The Hall–Kier alpha value is -1.99. The molecule has 6 rings (SSSR count). The van der Waals surface area contributed by atoms with Crippen LogP contribution in [-0.4, -0.2) is 51.3 Å². The van der Waals surface area contributed by atoms with Crippen LogP contribution in [0.5, 0.6) is 0 Å². The zero-order valence-electron chi connectivity index (χ0n) is 15.9. The minimum Gasteiger partial charge on any atom is -0.314 e. The van der Waals surface area contributed by atoms with Crippen molar-refractivity contribution in [2.45, 2.75) is 56.5 Å². The molecule has 0 radical (unpaired) electrons. The van der Waals surface area contributed by atoms with Gasteiger partial charge in [-0.3, -0.25) is 19.7 Å². The summed E-state index contributed by atoms with van der Waals surface area (Å²) in [5, 5.41) is 20.4.